The molecule has 2 aromatic carbocycles. The molecular weight excluding hydrogens is 386 g/mol. The zero-order valence-electron chi connectivity index (χ0n) is 22.4. The lowest BCUT2D eigenvalue weighted by Gasteiger charge is -2.16. The van der Waals surface area contributed by atoms with E-state index in [-0.39, 0.29) is 0 Å². The van der Waals surface area contributed by atoms with Crippen LogP contribution in [-0.2, 0) is 6.42 Å². The van der Waals surface area contributed by atoms with Crippen LogP contribution in [0.25, 0.3) is 11.6 Å². The van der Waals surface area contributed by atoms with Crippen molar-refractivity contribution in [2.45, 2.75) is 88.0 Å². The number of allylic oxidation sites excluding steroid dienone is 3. The van der Waals surface area contributed by atoms with Crippen molar-refractivity contribution in [2.24, 2.45) is 0 Å². The standard InChI is InChI=1S/C23H27N.C4H10.2C2H6/c1-6-8-22-21(17(2)3)9-7-10-23(22)24-19(5)13-16-20-14-11-18(4)12-15-20;1-3-4-2;2*1-2/h6-12,14-15,24H,2,5,13,16H2,1,3-4H3;3-4H2,1-2H3;2*1-2H3/b8-6-;;;. The molecule has 0 saturated heterocycles. The molecule has 0 atom stereocenters. The Balaban J connectivity index is 0. The van der Waals surface area contributed by atoms with Crippen molar-refractivity contribution in [3.8, 4) is 0 Å². The minimum atomic E-state index is 0.912. The second kappa shape index (κ2) is 20.4. The van der Waals surface area contributed by atoms with Gasteiger partial charge in [-0.15, -0.1) is 0 Å². The van der Waals surface area contributed by atoms with Crippen molar-refractivity contribution >= 4 is 17.3 Å². The van der Waals surface area contributed by atoms with Crippen LogP contribution in [0.1, 0.15) is 96.9 Å². The van der Waals surface area contributed by atoms with Crippen molar-refractivity contribution in [3.05, 3.63) is 89.6 Å². The first kappa shape index (κ1) is 31.6. The second-order valence-corrected chi connectivity index (χ2v) is 7.26. The maximum absolute atomic E-state index is 4.20. The van der Waals surface area contributed by atoms with Crippen molar-refractivity contribution < 1.29 is 0 Å². The van der Waals surface area contributed by atoms with E-state index in [1.807, 2.05) is 41.5 Å². The summed E-state index contributed by atoms with van der Waals surface area (Å²) in [6, 6.07) is 15.0. The van der Waals surface area contributed by atoms with E-state index in [4.69, 9.17) is 0 Å². The summed E-state index contributed by atoms with van der Waals surface area (Å²) >= 11 is 0. The average molecular weight is 436 g/mol. The fourth-order valence-corrected chi connectivity index (χ4v) is 2.70. The van der Waals surface area contributed by atoms with Crippen LogP contribution in [0.2, 0.25) is 0 Å². The number of aryl methyl sites for hydroxylation is 2. The van der Waals surface area contributed by atoms with Crippen LogP contribution in [0.15, 0.2) is 67.4 Å². The number of anilines is 1. The lowest BCUT2D eigenvalue weighted by atomic mass is 9.99. The van der Waals surface area contributed by atoms with Crippen molar-refractivity contribution in [2.75, 3.05) is 5.32 Å². The number of rotatable bonds is 8. The van der Waals surface area contributed by atoms with E-state index in [2.05, 4.69) is 93.9 Å². The molecule has 2 rings (SSSR count). The first-order valence-electron chi connectivity index (χ1n) is 12.3. The molecule has 1 N–H and O–H groups in total. The zero-order chi connectivity index (χ0) is 24.9. The summed E-state index contributed by atoms with van der Waals surface area (Å²) in [7, 11) is 0. The number of benzene rings is 2. The van der Waals surface area contributed by atoms with Crippen LogP contribution in [0.4, 0.5) is 5.69 Å². The third kappa shape index (κ3) is 13.0. The van der Waals surface area contributed by atoms with Gasteiger partial charge in [0.15, 0.2) is 0 Å². The van der Waals surface area contributed by atoms with Gasteiger partial charge in [-0.25, -0.2) is 0 Å². The van der Waals surface area contributed by atoms with Crippen LogP contribution in [0, 0.1) is 6.92 Å². The van der Waals surface area contributed by atoms with E-state index in [1.54, 1.807) is 0 Å². The molecule has 0 aliphatic carbocycles. The highest BCUT2D eigenvalue weighted by Crippen LogP contribution is 2.28. The molecule has 2 aromatic rings. The van der Waals surface area contributed by atoms with Gasteiger partial charge in [0.25, 0.3) is 0 Å². The van der Waals surface area contributed by atoms with E-state index in [0.717, 1.165) is 29.8 Å². The van der Waals surface area contributed by atoms with E-state index in [1.165, 1.54) is 35.1 Å². The predicted octanol–water partition coefficient (Wildman–Crippen LogP) is 10.5. The molecular formula is C31H49N. The number of hydrogen-bond acceptors (Lipinski definition) is 1. The molecule has 178 valence electrons. The fraction of sp³-hybridized carbons (Fsp3) is 0.419. The maximum Gasteiger partial charge on any atom is 0.0461 e. The highest BCUT2D eigenvalue weighted by atomic mass is 14.9. The Bertz CT molecular complexity index is 777. The summed E-state index contributed by atoms with van der Waals surface area (Å²) in [6.07, 6.45) is 8.72. The third-order valence-corrected chi connectivity index (χ3v) is 4.55. The second-order valence-electron chi connectivity index (χ2n) is 7.26. The SMILES string of the molecule is C=C(CCc1ccc(C)cc1)Nc1cccc(C(=C)C)c1/C=C\C.CC.CC.CCCC. The molecule has 0 saturated carbocycles. The summed E-state index contributed by atoms with van der Waals surface area (Å²) in [5.41, 5.74) is 8.16. The largest absolute Gasteiger partial charge is 0.359 e. The van der Waals surface area contributed by atoms with Gasteiger partial charge in [-0.05, 0) is 50.8 Å². The lowest BCUT2D eigenvalue weighted by molar-refractivity contribution is 0.886. The van der Waals surface area contributed by atoms with Gasteiger partial charge in [-0.1, -0.05) is 127 Å². The lowest BCUT2D eigenvalue weighted by Crippen LogP contribution is -2.03. The Kier molecular flexibility index (Phi) is 20.1. The van der Waals surface area contributed by atoms with Gasteiger partial charge in [-0.3, -0.25) is 0 Å². The van der Waals surface area contributed by atoms with Gasteiger partial charge in [-0.2, -0.15) is 0 Å². The van der Waals surface area contributed by atoms with E-state index in [9.17, 15) is 0 Å². The third-order valence-electron chi connectivity index (χ3n) is 4.55. The molecule has 0 radical (unpaired) electrons. The number of nitrogens with one attached hydrogen (secondary N) is 1. The Morgan fingerprint density at radius 2 is 1.47 bits per heavy atom. The average Bonchev–Trinajstić information content (AvgIpc) is 2.82. The van der Waals surface area contributed by atoms with Gasteiger partial charge in [0.05, 0.1) is 0 Å². The molecule has 1 heteroatoms. The number of hydrogen-bond donors (Lipinski definition) is 1. The summed E-state index contributed by atoms with van der Waals surface area (Å²) in [5, 5.41) is 3.49. The van der Waals surface area contributed by atoms with Crippen LogP contribution in [-0.4, -0.2) is 0 Å². The molecule has 0 heterocycles. The van der Waals surface area contributed by atoms with Gasteiger partial charge >= 0.3 is 0 Å². The molecule has 32 heavy (non-hydrogen) atoms. The molecule has 0 aromatic heterocycles. The normalized spacial score (nSPS) is 9.41. The summed E-state index contributed by atoms with van der Waals surface area (Å²) in [6.45, 7) is 26.8. The summed E-state index contributed by atoms with van der Waals surface area (Å²) in [4.78, 5) is 0. The highest BCUT2D eigenvalue weighted by Gasteiger charge is 2.07. The van der Waals surface area contributed by atoms with Crippen LogP contribution in [0.3, 0.4) is 0 Å². The highest BCUT2D eigenvalue weighted by molar-refractivity contribution is 5.80. The topological polar surface area (TPSA) is 12.0 Å². The van der Waals surface area contributed by atoms with Crippen molar-refractivity contribution in [1.29, 1.82) is 0 Å². The van der Waals surface area contributed by atoms with Gasteiger partial charge in [0, 0.05) is 16.9 Å². The first-order valence-corrected chi connectivity index (χ1v) is 12.3. The molecule has 0 aliphatic heterocycles. The van der Waals surface area contributed by atoms with Crippen molar-refractivity contribution in [1.82, 2.24) is 0 Å². The van der Waals surface area contributed by atoms with E-state index < -0.39 is 0 Å². The molecule has 0 aliphatic rings. The molecule has 0 spiro atoms. The minimum Gasteiger partial charge on any atom is -0.359 e. The molecule has 0 amide bonds. The van der Waals surface area contributed by atoms with Gasteiger partial charge in [0.2, 0.25) is 0 Å². The monoisotopic (exact) mass is 435 g/mol. The van der Waals surface area contributed by atoms with Crippen LogP contribution >= 0.6 is 0 Å². The molecule has 0 bridgehead atoms. The fourth-order valence-electron chi connectivity index (χ4n) is 2.70. The predicted molar refractivity (Wildman–Crippen MR) is 151 cm³/mol. The summed E-state index contributed by atoms with van der Waals surface area (Å²) in [5.74, 6) is 0. The van der Waals surface area contributed by atoms with Gasteiger partial charge in [0.1, 0.15) is 0 Å². The first-order chi connectivity index (χ1) is 15.4. The summed E-state index contributed by atoms with van der Waals surface area (Å²) < 4.78 is 0. The van der Waals surface area contributed by atoms with Crippen LogP contribution < -0.4 is 5.32 Å². The smallest absolute Gasteiger partial charge is 0.0461 e. The quantitative estimate of drug-likeness (QED) is 0.434. The van der Waals surface area contributed by atoms with Crippen molar-refractivity contribution in [3.63, 3.8) is 0 Å². The maximum atomic E-state index is 4.20. The Hall–Kier alpha value is -2.54. The Morgan fingerprint density at radius 3 is 1.94 bits per heavy atom. The zero-order valence-corrected chi connectivity index (χ0v) is 22.4. The molecule has 1 nitrogen and oxygen atoms in total. The Morgan fingerprint density at radius 1 is 0.906 bits per heavy atom. The van der Waals surface area contributed by atoms with Gasteiger partial charge < -0.3 is 5.32 Å². The van der Waals surface area contributed by atoms with Crippen LogP contribution in [0.5, 0.6) is 0 Å². The minimum absolute atomic E-state index is 0.912. The van der Waals surface area contributed by atoms with E-state index in [0.29, 0.717) is 0 Å². The Labute approximate surface area is 200 Å². The molecule has 0 fully saturated rings. The van der Waals surface area contributed by atoms with E-state index >= 15 is 0 Å². The number of unbranched alkanes of at least 4 members (excludes halogenated alkanes) is 1. The molecule has 0 unspecified atom stereocenters.